The molecule has 18 heavy (non-hydrogen) atoms. The SMILES string of the molecule is CC(N)CC(=O)N1CCN(CC(=O)N(C)C)CC1. The van der Waals surface area contributed by atoms with Crippen LogP contribution in [0, 0.1) is 0 Å². The van der Waals surface area contributed by atoms with Gasteiger partial charge in [-0.25, -0.2) is 0 Å². The van der Waals surface area contributed by atoms with Gasteiger partial charge in [-0.05, 0) is 6.92 Å². The van der Waals surface area contributed by atoms with Gasteiger partial charge in [-0.1, -0.05) is 0 Å². The molecule has 0 radical (unpaired) electrons. The molecule has 0 saturated carbocycles. The lowest BCUT2D eigenvalue weighted by Gasteiger charge is -2.35. The molecule has 104 valence electrons. The van der Waals surface area contributed by atoms with Gasteiger partial charge in [0.15, 0.2) is 0 Å². The van der Waals surface area contributed by atoms with E-state index in [2.05, 4.69) is 4.90 Å². The molecule has 1 aliphatic rings. The highest BCUT2D eigenvalue weighted by Gasteiger charge is 2.22. The van der Waals surface area contributed by atoms with E-state index in [0.29, 0.717) is 26.1 Å². The standard InChI is InChI=1S/C12H24N4O2/c1-10(13)8-11(17)16-6-4-15(5-7-16)9-12(18)14(2)3/h10H,4-9,13H2,1-3H3. The van der Waals surface area contributed by atoms with E-state index in [1.807, 2.05) is 11.8 Å². The average Bonchev–Trinajstić information content (AvgIpc) is 2.28. The highest BCUT2D eigenvalue weighted by Crippen LogP contribution is 2.05. The van der Waals surface area contributed by atoms with Crippen LogP contribution in [0.15, 0.2) is 0 Å². The Bertz CT molecular complexity index is 296. The molecule has 0 aliphatic carbocycles. The molecular weight excluding hydrogens is 232 g/mol. The molecule has 0 bridgehead atoms. The van der Waals surface area contributed by atoms with Crippen LogP contribution in [0.4, 0.5) is 0 Å². The monoisotopic (exact) mass is 256 g/mol. The number of likely N-dealkylation sites (N-methyl/N-ethyl adjacent to an activating group) is 1. The molecule has 0 aromatic rings. The second-order valence-electron chi connectivity index (χ2n) is 5.13. The Balaban J connectivity index is 2.32. The van der Waals surface area contributed by atoms with Crippen LogP contribution in [0.3, 0.4) is 0 Å². The van der Waals surface area contributed by atoms with Gasteiger partial charge in [0.05, 0.1) is 6.54 Å². The third kappa shape index (κ3) is 4.62. The van der Waals surface area contributed by atoms with Gasteiger partial charge in [-0.2, -0.15) is 0 Å². The summed E-state index contributed by atoms with van der Waals surface area (Å²) in [5.74, 6) is 0.217. The molecule has 1 rings (SSSR count). The number of amides is 2. The Morgan fingerprint density at radius 3 is 2.22 bits per heavy atom. The summed E-state index contributed by atoms with van der Waals surface area (Å²) in [6, 6.07) is -0.0918. The zero-order valence-electron chi connectivity index (χ0n) is 11.6. The zero-order chi connectivity index (χ0) is 13.7. The van der Waals surface area contributed by atoms with Crippen molar-refractivity contribution in [3.63, 3.8) is 0 Å². The smallest absolute Gasteiger partial charge is 0.236 e. The molecule has 2 N–H and O–H groups in total. The van der Waals surface area contributed by atoms with Gasteiger partial charge in [-0.3, -0.25) is 14.5 Å². The van der Waals surface area contributed by atoms with Crippen LogP contribution in [0.2, 0.25) is 0 Å². The fourth-order valence-electron chi connectivity index (χ4n) is 1.89. The van der Waals surface area contributed by atoms with Crippen LogP contribution >= 0.6 is 0 Å². The molecule has 2 amide bonds. The first-order valence-corrected chi connectivity index (χ1v) is 6.36. The largest absolute Gasteiger partial charge is 0.348 e. The van der Waals surface area contributed by atoms with Crippen LogP contribution in [-0.2, 0) is 9.59 Å². The van der Waals surface area contributed by atoms with Crippen LogP contribution in [0.5, 0.6) is 0 Å². The van der Waals surface area contributed by atoms with Crippen molar-refractivity contribution in [3.05, 3.63) is 0 Å². The first-order chi connectivity index (χ1) is 8.40. The summed E-state index contributed by atoms with van der Waals surface area (Å²) in [5.41, 5.74) is 5.62. The number of hydrogen-bond acceptors (Lipinski definition) is 4. The van der Waals surface area contributed by atoms with E-state index in [9.17, 15) is 9.59 Å². The van der Waals surface area contributed by atoms with Crippen molar-refractivity contribution >= 4 is 11.8 Å². The van der Waals surface area contributed by atoms with Gasteiger partial charge >= 0.3 is 0 Å². The molecule has 6 heteroatoms. The molecule has 1 heterocycles. The van der Waals surface area contributed by atoms with Crippen molar-refractivity contribution in [2.24, 2.45) is 5.73 Å². The number of piperazine rings is 1. The molecular formula is C12H24N4O2. The maximum Gasteiger partial charge on any atom is 0.236 e. The lowest BCUT2D eigenvalue weighted by Crippen LogP contribution is -2.51. The quantitative estimate of drug-likeness (QED) is 0.697. The summed E-state index contributed by atoms with van der Waals surface area (Å²) < 4.78 is 0. The first kappa shape index (κ1) is 14.9. The van der Waals surface area contributed by atoms with Crippen LogP contribution in [0.25, 0.3) is 0 Å². The topological polar surface area (TPSA) is 69.9 Å². The molecule has 1 unspecified atom stereocenters. The summed E-state index contributed by atoms with van der Waals surface area (Å²) in [6.07, 6.45) is 0.399. The summed E-state index contributed by atoms with van der Waals surface area (Å²) in [6.45, 7) is 5.15. The molecule has 1 fully saturated rings. The lowest BCUT2D eigenvalue weighted by atomic mass is 10.2. The van der Waals surface area contributed by atoms with E-state index in [-0.39, 0.29) is 17.9 Å². The van der Waals surface area contributed by atoms with Crippen molar-refractivity contribution in [1.29, 1.82) is 0 Å². The van der Waals surface area contributed by atoms with Crippen molar-refractivity contribution in [1.82, 2.24) is 14.7 Å². The normalized spacial score (nSPS) is 18.6. The van der Waals surface area contributed by atoms with Crippen LogP contribution in [-0.4, -0.2) is 79.4 Å². The molecule has 0 spiro atoms. The molecule has 1 aliphatic heterocycles. The highest BCUT2D eigenvalue weighted by atomic mass is 16.2. The van der Waals surface area contributed by atoms with E-state index in [1.165, 1.54) is 0 Å². The van der Waals surface area contributed by atoms with E-state index in [1.54, 1.807) is 19.0 Å². The molecule has 0 aromatic heterocycles. The number of nitrogens with two attached hydrogens (primary N) is 1. The fourth-order valence-corrected chi connectivity index (χ4v) is 1.89. The number of carbonyl (C=O) groups is 2. The second-order valence-corrected chi connectivity index (χ2v) is 5.13. The second kappa shape index (κ2) is 6.70. The highest BCUT2D eigenvalue weighted by molar-refractivity contribution is 5.78. The van der Waals surface area contributed by atoms with Gasteiger partial charge in [-0.15, -0.1) is 0 Å². The van der Waals surface area contributed by atoms with Crippen molar-refractivity contribution < 1.29 is 9.59 Å². The minimum absolute atomic E-state index is 0.0918. The number of nitrogens with zero attached hydrogens (tertiary/aromatic N) is 3. The van der Waals surface area contributed by atoms with Crippen molar-refractivity contribution in [2.45, 2.75) is 19.4 Å². The predicted molar refractivity (Wildman–Crippen MR) is 70.0 cm³/mol. The Labute approximate surface area is 109 Å². The average molecular weight is 256 g/mol. The summed E-state index contributed by atoms with van der Waals surface area (Å²) in [7, 11) is 3.51. The third-order valence-corrected chi connectivity index (χ3v) is 3.08. The Morgan fingerprint density at radius 2 is 1.78 bits per heavy atom. The van der Waals surface area contributed by atoms with Gasteiger partial charge in [0.1, 0.15) is 0 Å². The maximum atomic E-state index is 11.8. The molecule has 6 nitrogen and oxygen atoms in total. The van der Waals surface area contributed by atoms with E-state index < -0.39 is 0 Å². The summed E-state index contributed by atoms with van der Waals surface area (Å²) in [4.78, 5) is 28.9. The van der Waals surface area contributed by atoms with Gasteiger partial charge in [0.25, 0.3) is 0 Å². The number of rotatable bonds is 4. The van der Waals surface area contributed by atoms with E-state index in [0.717, 1.165) is 13.1 Å². The van der Waals surface area contributed by atoms with Gasteiger partial charge in [0, 0.05) is 52.7 Å². The Hall–Kier alpha value is -1.14. The van der Waals surface area contributed by atoms with Crippen LogP contribution in [0.1, 0.15) is 13.3 Å². The molecule has 1 saturated heterocycles. The first-order valence-electron chi connectivity index (χ1n) is 6.36. The minimum Gasteiger partial charge on any atom is -0.348 e. The number of carbonyl (C=O) groups excluding carboxylic acids is 2. The zero-order valence-corrected chi connectivity index (χ0v) is 11.6. The van der Waals surface area contributed by atoms with E-state index in [4.69, 9.17) is 5.73 Å². The van der Waals surface area contributed by atoms with Crippen molar-refractivity contribution in [3.8, 4) is 0 Å². The predicted octanol–water partition coefficient (Wildman–Crippen LogP) is -1.04. The lowest BCUT2D eigenvalue weighted by molar-refractivity contribution is -0.134. The Morgan fingerprint density at radius 1 is 1.22 bits per heavy atom. The van der Waals surface area contributed by atoms with Crippen LogP contribution < -0.4 is 5.73 Å². The van der Waals surface area contributed by atoms with Crippen molar-refractivity contribution in [2.75, 3.05) is 46.8 Å². The molecule has 0 aromatic carbocycles. The maximum absolute atomic E-state index is 11.8. The third-order valence-electron chi connectivity index (χ3n) is 3.08. The summed E-state index contributed by atoms with van der Waals surface area (Å²) >= 11 is 0. The van der Waals surface area contributed by atoms with Gasteiger partial charge < -0.3 is 15.5 Å². The molecule has 1 atom stereocenters. The summed E-state index contributed by atoms with van der Waals surface area (Å²) in [5, 5.41) is 0. The van der Waals surface area contributed by atoms with E-state index >= 15 is 0 Å². The Kier molecular flexibility index (Phi) is 5.55. The van der Waals surface area contributed by atoms with Gasteiger partial charge in [0.2, 0.25) is 11.8 Å². The fraction of sp³-hybridized carbons (Fsp3) is 0.833. The minimum atomic E-state index is -0.0918. The number of hydrogen-bond donors (Lipinski definition) is 1.